The molecular formula is C21H32N4O4S. The highest BCUT2D eigenvalue weighted by molar-refractivity contribution is 8.03. The molecule has 0 aromatic heterocycles. The number of amidine groups is 1. The van der Waals surface area contributed by atoms with Gasteiger partial charge in [0.25, 0.3) is 0 Å². The van der Waals surface area contributed by atoms with Gasteiger partial charge in [0.15, 0.2) is 0 Å². The number of likely N-dealkylation sites (tertiary alicyclic amines) is 1. The maximum absolute atomic E-state index is 12.5. The first kappa shape index (κ1) is 21.6. The van der Waals surface area contributed by atoms with E-state index in [-0.39, 0.29) is 23.6 Å². The van der Waals surface area contributed by atoms with Gasteiger partial charge in [-0.25, -0.2) is 4.79 Å². The first-order valence-corrected chi connectivity index (χ1v) is 11.8. The van der Waals surface area contributed by atoms with E-state index in [0.717, 1.165) is 62.6 Å². The molecule has 0 bridgehead atoms. The lowest BCUT2D eigenvalue weighted by molar-refractivity contribution is -0.163. The number of carbonyl (C=O) groups excluding carboxylic acids is 1. The first-order valence-electron chi connectivity index (χ1n) is 10.9. The summed E-state index contributed by atoms with van der Waals surface area (Å²) < 4.78 is 0. The van der Waals surface area contributed by atoms with E-state index in [9.17, 15) is 19.8 Å². The molecule has 5 atom stereocenters. The topological polar surface area (TPSA) is 119 Å². The third-order valence-corrected chi connectivity index (χ3v) is 8.64. The van der Waals surface area contributed by atoms with Crippen LogP contribution in [-0.4, -0.2) is 81.3 Å². The Labute approximate surface area is 181 Å². The number of aliphatic hydroxyl groups is 1. The minimum atomic E-state index is -1.04. The van der Waals surface area contributed by atoms with Gasteiger partial charge in [0, 0.05) is 35.6 Å². The van der Waals surface area contributed by atoms with E-state index in [1.54, 1.807) is 18.7 Å². The van der Waals surface area contributed by atoms with Crippen LogP contribution in [0.25, 0.3) is 0 Å². The number of carbonyl (C=O) groups is 2. The molecule has 0 spiro atoms. The summed E-state index contributed by atoms with van der Waals surface area (Å²) in [7, 11) is 0. The second-order valence-electron chi connectivity index (χ2n) is 9.13. The van der Waals surface area contributed by atoms with E-state index in [0.29, 0.717) is 11.2 Å². The third kappa shape index (κ3) is 3.87. The molecule has 0 aromatic carbocycles. The van der Waals surface area contributed by atoms with Crippen LogP contribution in [0.15, 0.2) is 15.6 Å². The summed E-state index contributed by atoms with van der Waals surface area (Å²) in [6.45, 7) is 7.47. The molecule has 4 rings (SSSR count). The lowest BCUT2D eigenvalue weighted by atomic mass is 9.79. The number of hydrogen-bond donors (Lipinski definition) is 3. The molecule has 30 heavy (non-hydrogen) atoms. The number of carboxylic acid groups (broad SMARTS) is 1. The third-order valence-electron chi connectivity index (χ3n) is 7.02. The fourth-order valence-electron chi connectivity index (χ4n) is 5.35. The van der Waals surface area contributed by atoms with E-state index in [1.807, 2.05) is 6.92 Å². The van der Waals surface area contributed by atoms with Crippen LogP contribution in [-0.2, 0) is 9.59 Å². The van der Waals surface area contributed by atoms with E-state index < -0.39 is 18.0 Å². The zero-order chi connectivity index (χ0) is 21.6. The molecule has 1 amide bonds. The summed E-state index contributed by atoms with van der Waals surface area (Å²) in [4.78, 5) is 33.5. The number of hydrogen-bond acceptors (Lipinski definition) is 7. The van der Waals surface area contributed by atoms with Crippen molar-refractivity contribution in [3.63, 3.8) is 0 Å². The molecule has 0 aliphatic carbocycles. The quantitative estimate of drug-likeness (QED) is 0.534. The number of amides is 1. The summed E-state index contributed by atoms with van der Waals surface area (Å²) in [5.74, 6) is -0.511. The maximum atomic E-state index is 12.5. The van der Waals surface area contributed by atoms with Crippen molar-refractivity contribution in [2.75, 3.05) is 26.2 Å². The predicted octanol–water partition coefficient (Wildman–Crippen LogP) is 1.10. The molecule has 0 saturated carbocycles. The van der Waals surface area contributed by atoms with Crippen LogP contribution in [0.4, 0.5) is 0 Å². The number of aliphatic carboxylic acids is 1. The molecule has 0 aromatic rings. The molecule has 9 heteroatoms. The molecule has 4 aliphatic rings. The predicted molar refractivity (Wildman–Crippen MR) is 116 cm³/mol. The second kappa shape index (κ2) is 8.51. The lowest BCUT2D eigenvalue weighted by Crippen LogP contribution is -2.63. The van der Waals surface area contributed by atoms with Crippen LogP contribution in [0.2, 0.25) is 0 Å². The van der Waals surface area contributed by atoms with Gasteiger partial charge >= 0.3 is 5.97 Å². The summed E-state index contributed by atoms with van der Waals surface area (Å²) in [5, 5.41) is 20.1. The van der Waals surface area contributed by atoms with E-state index in [4.69, 9.17) is 5.73 Å². The van der Waals surface area contributed by atoms with Crippen molar-refractivity contribution in [1.82, 2.24) is 9.80 Å². The Morgan fingerprint density at radius 3 is 2.60 bits per heavy atom. The molecule has 8 nitrogen and oxygen atoms in total. The molecule has 166 valence electrons. The van der Waals surface area contributed by atoms with E-state index in [1.165, 1.54) is 4.90 Å². The Morgan fingerprint density at radius 1 is 1.33 bits per heavy atom. The van der Waals surface area contributed by atoms with E-state index >= 15 is 0 Å². The maximum Gasteiger partial charge on any atom is 0.353 e. The fraction of sp³-hybridized carbons (Fsp3) is 0.762. The molecule has 2 saturated heterocycles. The summed E-state index contributed by atoms with van der Waals surface area (Å²) in [6, 6.07) is -0.231. The Kier molecular flexibility index (Phi) is 6.14. The molecular weight excluding hydrogens is 404 g/mol. The number of rotatable bonds is 6. The highest BCUT2D eigenvalue weighted by Crippen LogP contribution is 2.52. The minimum Gasteiger partial charge on any atom is -0.477 e. The highest BCUT2D eigenvalue weighted by atomic mass is 32.2. The number of carboxylic acids is 1. The van der Waals surface area contributed by atoms with Crippen molar-refractivity contribution in [2.24, 2.45) is 28.5 Å². The number of thioether (sulfide) groups is 1. The second-order valence-corrected chi connectivity index (χ2v) is 10.5. The number of fused-ring (bicyclic) bond motifs is 1. The molecule has 2 fully saturated rings. The van der Waals surface area contributed by atoms with Crippen LogP contribution < -0.4 is 5.73 Å². The number of β-lactam (4-membered cyclic amide) rings is 1. The van der Waals surface area contributed by atoms with Crippen LogP contribution in [0, 0.1) is 17.8 Å². The molecule has 4 heterocycles. The van der Waals surface area contributed by atoms with Crippen LogP contribution in [0.1, 0.15) is 39.5 Å². The Hall–Kier alpha value is -1.58. The average Bonchev–Trinajstić information content (AvgIpc) is 2.94. The minimum absolute atomic E-state index is 0.0537. The van der Waals surface area contributed by atoms with Gasteiger partial charge in [0.2, 0.25) is 5.91 Å². The van der Waals surface area contributed by atoms with Crippen molar-refractivity contribution < 1.29 is 19.8 Å². The van der Waals surface area contributed by atoms with Crippen LogP contribution >= 0.6 is 11.8 Å². The number of nitrogens with two attached hydrogens (primary N) is 1. The Bertz CT molecular complexity index is 775. The van der Waals surface area contributed by atoms with Crippen molar-refractivity contribution in [2.45, 2.75) is 56.9 Å². The smallest absolute Gasteiger partial charge is 0.353 e. The molecule has 1 unspecified atom stereocenters. The zero-order valence-electron chi connectivity index (χ0n) is 17.7. The standard InChI is InChI=1S/C21H32N4O4S/c1-11-17-16(12(2)26)20(27)25(17)18(21(28)29)19(11)30-14-5-7-24(8-6-14)10-13-3-4-15(22)23-9-13/h11-14,16-17,26H,3-10H2,1-2H3,(H2,22,23)(H,28,29)/t11-,12-,13?,16-,17-/m1/s1. The SMILES string of the molecule is C[C@@H](O)[C@H]1C(=O)N2C(C(=O)O)=C(SC3CCN(CC4CCC(N)=NC4)CC3)[C@H](C)[C@H]12. The summed E-state index contributed by atoms with van der Waals surface area (Å²) in [6.07, 6.45) is 3.24. The monoisotopic (exact) mass is 436 g/mol. The van der Waals surface area contributed by atoms with Gasteiger partial charge in [-0.15, -0.1) is 11.8 Å². The van der Waals surface area contributed by atoms with Crippen LogP contribution in [0.3, 0.4) is 0 Å². The van der Waals surface area contributed by atoms with Crippen molar-refractivity contribution in [1.29, 1.82) is 0 Å². The summed E-state index contributed by atoms with van der Waals surface area (Å²) in [5.41, 5.74) is 5.91. The average molecular weight is 437 g/mol. The zero-order valence-corrected chi connectivity index (χ0v) is 18.5. The number of nitrogens with zero attached hydrogens (tertiary/aromatic N) is 3. The lowest BCUT2D eigenvalue weighted by Gasteiger charge is -2.46. The van der Waals surface area contributed by atoms with Crippen molar-refractivity contribution >= 4 is 29.5 Å². The first-order chi connectivity index (χ1) is 14.3. The number of aliphatic imine (C=N–C) groups is 1. The largest absolute Gasteiger partial charge is 0.477 e. The van der Waals surface area contributed by atoms with Crippen molar-refractivity contribution in [3.8, 4) is 0 Å². The number of piperidine rings is 1. The van der Waals surface area contributed by atoms with Crippen molar-refractivity contribution in [3.05, 3.63) is 10.6 Å². The van der Waals surface area contributed by atoms with Gasteiger partial charge in [-0.3, -0.25) is 9.79 Å². The molecule has 0 radical (unpaired) electrons. The molecule has 4 aliphatic heterocycles. The van der Waals surface area contributed by atoms with Gasteiger partial charge in [-0.05, 0) is 45.2 Å². The highest BCUT2D eigenvalue weighted by Gasteiger charge is 2.60. The van der Waals surface area contributed by atoms with Gasteiger partial charge in [-0.1, -0.05) is 6.92 Å². The fourth-order valence-corrected chi connectivity index (χ4v) is 6.81. The Balaban J connectivity index is 1.36. The van der Waals surface area contributed by atoms with Gasteiger partial charge in [-0.2, -0.15) is 0 Å². The molecule has 4 N–H and O–H groups in total. The number of aliphatic hydroxyl groups excluding tert-OH is 1. The normalized spacial score (nSPS) is 33.9. The van der Waals surface area contributed by atoms with Gasteiger partial charge in [0.1, 0.15) is 5.70 Å². The van der Waals surface area contributed by atoms with Gasteiger partial charge < -0.3 is 25.7 Å². The van der Waals surface area contributed by atoms with Gasteiger partial charge in [0.05, 0.1) is 23.9 Å². The van der Waals surface area contributed by atoms with E-state index in [2.05, 4.69) is 9.89 Å². The summed E-state index contributed by atoms with van der Waals surface area (Å²) >= 11 is 1.64. The Morgan fingerprint density at radius 2 is 2.03 bits per heavy atom. The van der Waals surface area contributed by atoms with Crippen LogP contribution in [0.5, 0.6) is 0 Å².